The third-order valence-corrected chi connectivity index (χ3v) is 4.11. The molecule has 0 spiro atoms. The molecule has 0 rings (SSSR count). The van der Waals surface area contributed by atoms with Crippen molar-refractivity contribution in [3.05, 3.63) is 0 Å². The van der Waals surface area contributed by atoms with E-state index in [4.69, 9.17) is 10.5 Å². The van der Waals surface area contributed by atoms with Crippen LogP contribution >= 0.6 is 0 Å². The summed E-state index contributed by atoms with van der Waals surface area (Å²) in [6.07, 6.45) is 18.7. The average Bonchev–Trinajstić information content (AvgIpc) is 2.50. The first-order valence-corrected chi connectivity index (χ1v) is 9.60. The van der Waals surface area contributed by atoms with Crippen LogP contribution in [0.1, 0.15) is 104 Å². The van der Waals surface area contributed by atoms with E-state index in [0.717, 1.165) is 12.8 Å². The number of carbonyl (C=O) groups is 1. The van der Waals surface area contributed by atoms with Gasteiger partial charge in [-0.05, 0) is 13.3 Å². The van der Waals surface area contributed by atoms with Crippen LogP contribution in [0, 0.1) is 0 Å². The summed E-state index contributed by atoms with van der Waals surface area (Å²) >= 11 is 0. The maximum atomic E-state index is 11.1. The molecule has 0 fully saturated rings. The van der Waals surface area contributed by atoms with Gasteiger partial charge in [-0.25, -0.2) is 0 Å². The van der Waals surface area contributed by atoms with Crippen LogP contribution in [0.2, 0.25) is 0 Å². The summed E-state index contributed by atoms with van der Waals surface area (Å²) in [4.78, 5) is 11.1. The van der Waals surface area contributed by atoms with E-state index in [2.05, 4.69) is 6.92 Å². The van der Waals surface area contributed by atoms with E-state index >= 15 is 0 Å². The second-order valence-corrected chi connectivity index (χ2v) is 6.55. The average molecular weight is 338 g/mol. The van der Waals surface area contributed by atoms with Gasteiger partial charge in [-0.3, -0.25) is 4.79 Å². The molecule has 0 unspecified atom stereocenters. The van der Waals surface area contributed by atoms with Gasteiger partial charge in [-0.15, -0.1) is 0 Å². The van der Waals surface area contributed by atoms with Crippen LogP contribution in [0.4, 0.5) is 0 Å². The molecule has 0 aliphatic carbocycles. The van der Waals surface area contributed by atoms with Gasteiger partial charge in [-0.1, -0.05) is 90.4 Å². The molecular weight excluding hydrogens is 297 g/mol. The van der Waals surface area contributed by atoms with Crippen molar-refractivity contribution in [1.82, 2.24) is 0 Å². The molecule has 0 aromatic heterocycles. The summed E-state index contributed by atoms with van der Waals surface area (Å²) in [5.41, 5.74) is 5.42. The van der Waals surface area contributed by atoms with E-state index in [-0.39, 0.29) is 35.5 Å². The summed E-state index contributed by atoms with van der Waals surface area (Å²) in [6, 6.07) is -0.494. The molecule has 3 nitrogen and oxygen atoms in total. The molecule has 134 valence electrons. The van der Waals surface area contributed by atoms with E-state index in [1.165, 1.54) is 77.0 Å². The molecule has 4 heteroatoms. The first-order valence-electron chi connectivity index (χ1n) is 9.60. The van der Waals surface area contributed by atoms with Crippen molar-refractivity contribution in [1.29, 1.82) is 0 Å². The SMILES string of the molecule is CCCCCCCCCCCCCCCCOC(=O)[C@@H](C)N.[NaH]. The fourth-order valence-corrected chi connectivity index (χ4v) is 2.60. The van der Waals surface area contributed by atoms with Gasteiger partial charge in [0, 0.05) is 0 Å². The molecule has 2 N–H and O–H groups in total. The minimum atomic E-state index is -0.494. The van der Waals surface area contributed by atoms with Gasteiger partial charge >= 0.3 is 35.5 Å². The standard InChI is InChI=1S/C19H39NO2.Na.H/c1-3-4-5-6-7-8-9-10-11-12-13-14-15-16-17-22-19(21)18(2)20;;/h18H,3-17,20H2,1-2H3;;/t18-;;/m1../s1. The predicted octanol–water partition coefficient (Wildman–Crippen LogP) is 4.71. The molecule has 0 aliphatic rings. The first-order chi connectivity index (χ1) is 10.7. The van der Waals surface area contributed by atoms with E-state index in [9.17, 15) is 4.79 Å². The maximum absolute atomic E-state index is 11.1. The molecular formula is C19H40NNaO2. The molecule has 0 aromatic rings. The van der Waals surface area contributed by atoms with Crippen molar-refractivity contribution in [2.24, 2.45) is 5.73 Å². The third kappa shape index (κ3) is 20.4. The minimum absolute atomic E-state index is 0. The molecule has 0 bridgehead atoms. The van der Waals surface area contributed by atoms with E-state index in [1.807, 2.05) is 0 Å². The van der Waals surface area contributed by atoms with Crippen molar-refractivity contribution >= 4 is 35.5 Å². The van der Waals surface area contributed by atoms with Crippen molar-refractivity contribution in [2.75, 3.05) is 6.61 Å². The zero-order valence-electron chi connectivity index (χ0n) is 15.1. The number of esters is 1. The van der Waals surface area contributed by atoms with Crippen LogP contribution in [0.3, 0.4) is 0 Å². The first kappa shape index (κ1) is 25.7. The molecule has 0 aromatic carbocycles. The van der Waals surface area contributed by atoms with Gasteiger partial charge in [0.25, 0.3) is 0 Å². The van der Waals surface area contributed by atoms with Crippen LogP contribution in [-0.2, 0) is 9.53 Å². The number of rotatable bonds is 16. The number of nitrogens with two attached hydrogens (primary N) is 1. The van der Waals surface area contributed by atoms with Crippen molar-refractivity contribution in [3.8, 4) is 0 Å². The van der Waals surface area contributed by atoms with Gasteiger partial charge in [0.05, 0.1) is 6.61 Å². The second-order valence-electron chi connectivity index (χ2n) is 6.55. The Hall–Kier alpha value is 0.430. The Morgan fingerprint density at radius 2 is 1.13 bits per heavy atom. The van der Waals surface area contributed by atoms with Gasteiger partial charge in [0.1, 0.15) is 6.04 Å². The Morgan fingerprint density at radius 3 is 1.48 bits per heavy atom. The van der Waals surface area contributed by atoms with Crippen molar-refractivity contribution < 1.29 is 9.53 Å². The molecule has 23 heavy (non-hydrogen) atoms. The summed E-state index contributed by atoms with van der Waals surface area (Å²) in [5, 5.41) is 0. The molecule has 0 radical (unpaired) electrons. The summed E-state index contributed by atoms with van der Waals surface area (Å²) in [5.74, 6) is -0.283. The number of carbonyl (C=O) groups excluding carboxylic acids is 1. The quantitative estimate of drug-likeness (QED) is 0.252. The van der Waals surface area contributed by atoms with Gasteiger partial charge in [-0.2, -0.15) is 0 Å². The summed E-state index contributed by atoms with van der Waals surface area (Å²) < 4.78 is 5.05. The number of unbranched alkanes of at least 4 members (excludes halogenated alkanes) is 13. The predicted molar refractivity (Wildman–Crippen MR) is 102 cm³/mol. The zero-order valence-corrected chi connectivity index (χ0v) is 15.1. The van der Waals surface area contributed by atoms with E-state index < -0.39 is 6.04 Å². The second kappa shape index (κ2) is 20.5. The molecule has 0 saturated carbocycles. The number of hydrogen-bond acceptors (Lipinski definition) is 3. The Labute approximate surface area is 166 Å². The summed E-state index contributed by atoms with van der Waals surface area (Å²) in [6.45, 7) is 4.46. The van der Waals surface area contributed by atoms with E-state index in [1.54, 1.807) is 6.92 Å². The van der Waals surface area contributed by atoms with Gasteiger partial charge in [0.2, 0.25) is 0 Å². The topological polar surface area (TPSA) is 52.3 Å². The van der Waals surface area contributed by atoms with Crippen molar-refractivity contribution in [2.45, 2.75) is 110 Å². The molecule has 0 heterocycles. The fraction of sp³-hybridized carbons (Fsp3) is 0.947. The van der Waals surface area contributed by atoms with Crippen LogP contribution in [0.25, 0.3) is 0 Å². The number of ether oxygens (including phenoxy) is 1. The van der Waals surface area contributed by atoms with Crippen LogP contribution < -0.4 is 5.73 Å². The van der Waals surface area contributed by atoms with Gasteiger partial charge < -0.3 is 10.5 Å². The monoisotopic (exact) mass is 337 g/mol. The molecule has 0 amide bonds. The Balaban J connectivity index is 0. The molecule has 1 atom stereocenters. The Kier molecular flexibility index (Phi) is 22.8. The van der Waals surface area contributed by atoms with Crippen molar-refractivity contribution in [3.63, 3.8) is 0 Å². The molecule has 0 saturated heterocycles. The van der Waals surface area contributed by atoms with Crippen LogP contribution in [-0.4, -0.2) is 48.2 Å². The Bertz CT molecular complexity index is 248. The fourth-order valence-electron chi connectivity index (χ4n) is 2.60. The zero-order chi connectivity index (χ0) is 16.5. The Morgan fingerprint density at radius 1 is 0.783 bits per heavy atom. The molecule has 0 aliphatic heterocycles. The van der Waals surface area contributed by atoms with Crippen LogP contribution in [0.5, 0.6) is 0 Å². The summed E-state index contributed by atoms with van der Waals surface area (Å²) in [7, 11) is 0. The third-order valence-electron chi connectivity index (χ3n) is 4.11. The normalized spacial score (nSPS) is 11.8. The number of hydrogen-bond donors (Lipinski definition) is 1. The van der Waals surface area contributed by atoms with Gasteiger partial charge in [0.15, 0.2) is 0 Å². The van der Waals surface area contributed by atoms with Crippen LogP contribution in [0.15, 0.2) is 0 Å². The van der Waals surface area contributed by atoms with E-state index in [0.29, 0.717) is 6.61 Å².